The standard InChI is InChI=1S/C9H8BrClN6/c10-5-2-6(11)7(1-4(5)3-12)16-9(15)17-8(13)14/h1-2H,(H6,13,14,15,16,17). The van der Waals surface area contributed by atoms with E-state index in [0.29, 0.717) is 20.7 Å². The first-order valence-electron chi connectivity index (χ1n) is 4.27. The Labute approximate surface area is 111 Å². The maximum Gasteiger partial charge on any atom is 0.223 e. The lowest BCUT2D eigenvalue weighted by atomic mass is 10.2. The van der Waals surface area contributed by atoms with E-state index in [0.717, 1.165) is 0 Å². The molecular formula is C9H8BrClN6. The number of nitrogens with two attached hydrogens (primary N) is 3. The molecule has 0 aliphatic heterocycles. The molecule has 1 aromatic carbocycles. The second-order valence-corrected chi connectivity index (χ2v) is 4.16. The number of rotatable bonds is 1. The summed E-state index contributed by atoms with van der Waals surface area (Å²) in [5.41, 5.74) is 16.4. The number of benzene rings is 1. The van der Waals surface area contributed by atoms with Gasteiger partial charge in [0.05, 0.1) is 16.3 Å². The first-order chi connectivity index (χ1) is 7.93. The van der Waals surface area contributed by atoms with Gasteiger partial charge >= 0.3 is 0 Å². The first-order valence-corrected chi connectivity index (χ1v) is 5.44. The van der Waals surface area contributed by atoms with Gasteiger partial charge in [0.25, 0.3) is 0 Å². The molecule has 6 nitrogen and oxygen atoms in total. The molecule has 0 saturated heterocycles. The first kappa shape index (κ1) is 13.3. The number of nitriles is 1. The van der Waals surface area contributed by atoms with Crippen LogP contribution in [0.1, 0.15) is 5.56 Å². The van der Waals surface area contributed by atoms with Gasteiger partial charge in [0.1, 0.15) is 6.07 Å². The van der Waals surface area contributed by atoms with Crippen LogP contribution in [0, 0.1) is 11.3 Å². The molecule has 17 heavy (non-hydrogen) atoms. The van der Waals surface area contributed by atoms with Crippen molar-refractivity contribution in [3.05, 3.63) is 27.2 Å². The van der Waals surface area contributed by atoms with Crippen LogP contribution in [0.15, 0.2) is 26.6 Å². The Kier molecular flexibility index (Phi) is 4.31. The van der Waals surface area contributed by atoms with Crippen LogP contribution in [0.25, 0.3) is 0 Å². The van der Waals surface area contributed by atoms with Crippen molar-refractivity contribution in [1.29, 1.82) is 5.26 Å². The Morgan fingerprint density at radius 2 is 2.00 bits per heavy atom. The molecule has 0 amide bonds. The third-order valence-electron chi connectivity index (χ3n) is 1.64. The van der Waals surface area contributed by atoms with Crippen LogP contribution in [-0.2, 0) is 0 Å². The molecule has 8 heteroatoms. The molecule has 0 aliphatic rings. The molecule has 6 N–H and O–H groups in total. The van der Waals surface area contributed by atoms with E-state index in [9.17, 15) is 0 Å². The fraction of sp³-hybridized carbons (Fsp3) is 0. The van der Waals surface area contributed by atoms with Crippen molar-refractivity contribution < 1.29 is 0 Å². The highest BCUT2D eigenvalue weighted by Gasteiger charge is 2.06. The van der Waals surface area contributed by atoms with Crippen molar-refractivity contribution >= 4 is 45.1 Å². The van der Waals surface area contributed by atoms with E-state index in [1.54, 1.807) is 6.07 Å². The summed E-state index contributed by atoms with van der Waals surface area (Å²) in [5.74, 6) is -0.349. The maximum absolute atomic E-state index is 8.84. The van der Waals surface area contributed by atoms with Crippen LogP contribution in [0.5, 0.6) is 0 Å². The third kappa shape index (κ3) is 3.62. The van der Waals surface area contributed by atoms with Gasteiger partial charge in [0.15, 0.2) is 5.96 Å². The van der Waals surface area contributed by atoms with Crippen LogP contribution in [0.4, 0.5) is 5.69 Å². The summed E-state index contributed by atoms with van der Waals surface area (Å²) >= 11 is 9.12. The van der Waals surface area contributed by atoms with Gasteiger partial charge in [-0.1, -0.05) is 11.6 Å². The molecule has 0 unspecified atom stereocenters. The zero-order valence-corrected chi connectivity index (χ0v) is 10.8. The lowest BCUT2D eigenvalue weighted by Gasteiger charge is -2.02. The lowest BCUT2D eigenvalue weighted by Crippen LogP contribution is -2.26. The molecule has 0 spiro atoms. The number of nitrogens with zero attached hydrogens (tertiary/aromatic N) is 3. The van der Waals surface area contributed by atoms with Gasteiger partial charge in [-0.15, -0.1) is 0 Å². The Balaban J connectivity index is 3.25. The zero-order chi connectivity index (χ0) is 13.0. The second-order valence-electron chi connectivity index (χ2n) is 2.90. The highest BCUT2D eigenvalue weighted by molar-refractivity contribution is 9.10. The van der Waals surface area contributed by atoms with Crippen LogP contribution in [0.3, 0.4) is 0 Å². The molecule has 0 fully saturated rings. The molecule has 0 aromatic heterocycles. The zero-order valence-electron chi connectivity index (χ0n) is 8.48. The number of hydrogen-bond donors (Lipinski definition) is 3. The summed E-state index contributed by atoms with van der Waals surface area (Å²) in [6.07, 6.45) is 0. The van der Waals surface area contributed by atoms with Crippen LogP contribution >= 0.6 is 27.5 Å². The van der Waals surface area contributed by atoms with E-state index < -0.39 is 0 Å². The Hall–Kier alpha value is -1.78. The summed E-state index contributed by atoms with van der Waals surface area (Å²) in [4.78, 5) is 7.43. The van der Waals surface area contributed by atoms with E-state index >= 15 is 0 Å². The Morgan fingerprint density at radius 1 is 1.35 bits per heavy atom. The minimum Gasteiger partial charge on any atom is -0.370 e. The second kappa shape index (κ2) is 5.52. The van der Waals surface area contributed by atoms with Gasteiger partial charge in [-0.05, 0) is 28.1 Å². The molecule has 0 radical (unpaired) electrons. The maximum atomic E-state index is 8.84. The highest BCUT2D eigenvalue weighted by Crippen LogP contribution is 2.31. The van der Waals surface area contributed by atoms with Crippen molar-refractivity contribution in [3.63, 3.8) is 0 Å². The summed E-state index contributed by atoms with van der Waals surface area (Å²) < 4.78 is 0.573. The predicted octanol–water partition coefficient (Wildman–Crippen LogP) is 1.19. The minimum absolute atomic E-state index is 0.141. The minimum atomic E-state index is -0.208. The Bertz CT molecular complexity index is 541. The topological polar surface area (TPSA) is 127 Å². The summed E-state index contributed by atoms with van der Waals surface area (Å²) in [6, 6.07) is 4.99. The van der Waals surface area contributed by atoms with Crippen molar-refractivity contribution in [2.45, 2.75) is 0 Å². The van der Waals surface area contributed by atoms with Crippen LogP contribution < -0.4 is 17.2 Å². The van der Waals surface area contributed by atoms with E-state index in [-0.39, 0.29) is 11.9 Å². The van der Waals surface area contributed by atoms with E-state index in [2.05, 4.69) is 25.9 Å². The largest absolute Gasteiger partial charge is 0.370 e. The number of guanidine groups is 2. The molecule has 1 rings (SSSR count). The summed E-state index contributed by atoms with van der Waals surface area (Å²) in [5, 5.41) is 9.17. The van der Waals surface area contributed by atoms with Crippen LogP contribution in [-0.4, -0.2) is 11.9 Å². The van der Waals surface area contributed by atoms with Gasteiger partial charge in [0.2, 0.25) is 5.96 Å². The van der Waals surface area contributed by atoms with Crippen molar-refractivity contribution in [2.24, 2.45) is 27.2 Å². The van der Waals surface area contributed by atoms with Gasteiger partial charge < -0.3 is 17.2 Å². The van der Waals surface area contributed by atoms with Crippen molar-refractivity contribution in [1.82, 2.24) is 0 Å². The lowest BCUT2D eigenvalue weighted by molar-refractivity contribution is 1.37. The van der Waals surface area contributed by atoms with E-state index in [1.165, 1.54) is 6.07 Å². The summed E-state index contributed by atoms with van der Waals surface area (Å²) in [7, 11) is 0. The third-order valence-corrected chi connectivity index (χ3v) is 2.59. The average molecular weight is 316 g/mol. The van der Waals surface area contributed by atoms with E-state index in [1.807, 2.05) is 6.07 Å². The normalized spacial score (nSPS) is 10.8. The fourth-order valence-corrected chi connectivity index (χ4v) is 1.76. The average Bonchev–Trinajstić information content (AvgIpc) is 2.20. The fourth-order valence-electron chi connectivity index (χ4n) is 0.990. The van der Waals surface area contributed by atoms with Crippen molar-refractivity contribution in [3.8, 4) is 6.07 Å². The van der Waals surface area contributed by atoms with Gasteiger partial charge in [-0.2, -0.15) is 10.3 Å². The number of aliphatic imine (C=N–C) groups is 2. The van der Waals surface area contributed by atoms with E-state index in [4.69, 9.17) is 34.1 Å². The molecule has 88 valence electrons. The molecule has 1 aromatic rings. The molecule has 0 bridgehead atoms. The summed E-state index contributed by atoms with van der Waals surface area (Å²) in [6.45, 7) is 0. The molecule has 0 heterocycles. The van der Waals surface area contributed by atoms with Gasteiger partial charge in [-0.3, -0.25) is 0 Å². The smallest absolute Gasteiger partial charge is 0.223 e. The van der Waals surface area contributed by atoms with Crippen LogP contribution in [0.2, 0.25) is 5.02 Å². The molecule has 0 atom stereocenters. The van der Waals surface area contributed by atoms with Crippen molar-refractivity contribution in [2.75, 3.05) is 0 Å². The predicted molar refractivity (Wildman–Crippen MR) is 71.0 cm³/mol. The number of hydrogen-bond acceptors (Lipinski definition) is 2. The monoisotopic (exact) mass is 314 g/mol. The molecule has 0 saturated carbocycles. The van der Waals surface area contributed by atoms with Gasteiger partial charge in [-0.25, -0.2) is 4.99 Å². The molecule has 0 aliphatic carbocycles. The quantitative estimate of drug-likeness (QED) is 0.531. The molecular weight excluding hydrogens is 307 g/mol. The SMILES string of the molecule is N#Cc1cc(N=C(N)N=C(N)N)c(Cl)cc1Br. The number of halogens is 2. The van der Waals surface area contributed by atoms with Gasteiger partial charge in [0, 0.05) is 4.47 Å². The highest BCUT2D eigenvalue weighted by atomic mass is 79.9. The Morgan fingerprint density at radius 3 is 2.53 bits per heavy atom.